The highest BCUT2D eigenvalue weighted by Crippen LogP contribution is 2.31. The lowest BCUT2D eigenvalue weighted by Gasteiger charge is -2.31. The van der Waals surface area contributed by atoms with Gasteiger partial charge < -0.3 is 5.73 Å². The Morgan fingerprint density at radius 1 is 1.33 bits per heavy atom. The van der Waals surface area contributed by atoms with Crippen molar-refractivity contribution in [2.75, 3.05) is 13.1 Å². The standard InChI is InChI=1S/C15H23N3O2S/c1-15(2,3)13-6-8-18(9-7-13)21(19,20)14-5-4-12(10-16)11-17-14/h4-6,11H,7-10,16H2,1-3H3. The molecule has 6 heteroatoms. The minimum absolute atomic E-state index is 0.0901. The van der Waals surface area contributed by atoms with Crippen LogP contribution >= 0.6 is 0 Å². The van der Waals surface area contributed by atoms with Gasteiger partial charge in [-0.05, 0) is 23.5 Å². The van der Waals surface area contributed by atoms with E-state index in [1.807, 2.05) is 6.08 Å². The molecule has 0 spiro atoms. The number of nitrogens with zero attached hydrogens (tertiary/aromatic N) is 2. The van der Waals surface area contributed by atoms with Crippen LogP contribution in [0.25, 0.3) is 0 Å². The number of nitrogens with two attached hydrogens (primary N) is 1. The van der Waals surface area contributed by atoms with E-state index in [0.717, 1.165) is 12.0 Å². The van der Waals surface area contributed by atoms with E-state index in [1.165, 1.54) is 22.1 Å². The van der Waals surface area contributed by atoms with Gasteiger partial charge in [0.05, 0.1) is 0 Å². The first-order valence-corrected chi connectivity index (χ1v) is 8.54. The van der Waals surface area contributed by atoms with E-state index in [0.29, 0.717) is 19.6 Å². The first kappa shape index (κ1) is 16.1. The third-order valence-electron chi connectivity index (χ3n) is 3.77. The van der Waals surface area contributed by atoms with E-state index >= 15 is 0 Å². The minimum Gasteiger partial charge on any atom is -0.326 e. The van der Waals surface area contributed by atoms with Crippen molar-refractivity contribution in [3.05, 3.63) is 35.5 Å². The molecule has 0 saturated heterocycles. The molecule has 1 aliphatic heterocycles. The molecule has 0 aromatic carbocycles. The summed E-state index contributed by atoms with van der Waals surface area (Å²) >= 11 is 0. The second kappa shape index (κ2) is 5.87. The van der Waals surface area contributed by atoms with Gasteiger partial charge in [-0.15, -0.1) is 0 Å². The van der Waals surface area contributed by atoms with E-state index in [4.69, 9.17) is 5.73 Å². The molecule has 116 valence electrons. The van der Waals surface area contributed by atoms with Crippen molar-refractivity contribution in [3.8, 4) is 0 Å². The highest BCUT2D eigenvalue weighted by atomic mass is 32.2. The van der Waals surface area contributed by atoms with Gasteiger partial charge in [0.1, 0.15) is 0 Å². The van der Waals surface area contributed by atoms with Crippen LogP contribution in [0.2, 0.25) is 0 Å². The first-order valence-electron chi connectivity index (χ1n) is 7.10. The van der Waals surface area contributed by atoms with Crippen LogP contribution in [0.3, 0.4) is 0 Å². The van der Waals surface area contributed by atoms with Crippen molar-refractivity contribution in [2.24, 2.45) is 11.1 Å². The molecule has 0 fully saturated rings. The molecule has 2 rings (SSSR count). The summed E-state index contributed by atoms with van der Waals surface area (Å²) in [6.45, 7) is 7.72. The summed E-state index contributed by atoms with van der Waals surface area (Å²) in [7, 11) is -3.52. The number of hydrogen-bond acceptors (Lipinski definition) is 4. The second-order valence-electron chi connectivity index (χ2n) is 6.30. The van der Waals surface area contributed by atoms with Crippen LogP contribution in [-0.4, -0.2) is 30.8 Å². The lowest BCUT2D eigenvalue weighted by atomic mass is 9.83. The Kier molecular flexibility index (Phi) is 4.51. The Bertz CT molecular complexity index is 628. The SMILES string of the molecule is CC(C)(C)C1=CCN(S(=O)(=O)c2ccc(CN)cn2)CC1. The van der Waals surface area contributed by atoms with Crippen molar-refractivity contribution >= 4 is 10.0 Å². The van der Waals surface area contributed by atoms with E-state index < -0.39 is 10.0 Å². The van der Waals surface area contributed by atoms with Crippen LogP contribution < -0.4 is 5.73 Å². The molecule has 1 aromatic heterocycles. The van der Waals surface area contributed by atoms with E-state index in [-0.39, 0.29) is 10.4 Å². The molecule has 2 N–H and O–H groups in total. The fourth-order valence-electron chi connectivity index (χ4n) is 2.37. The Labute approximate surface area is 126 Å². The third-order valence-corrected chi connectivity index (χ3v) is 5.55. The first-order chi connectivity index (χ1) is 9.75. The van der Waals surface area contributed by atoms with Crippen molar-refractivity contribution in [2.45, 2.75) is 38.8 Å². The Morgan fingerprint density at radius 2 is 2.05 bits per heavy atom. The van der Waals surface area contributed by atoms with Crippen LogP contribution in [0.1, 0.15) is 32.8 Å². The molecule has 0 unspecified atom stereocenters. The molecule has 1 aromatic rings. The predicted octanol–water partition coefficient (Wildman–Crippen LogP) is 1.91. The highest BCUT2D eigenvalue weighted by Gasteiger charge is 2.29. The summed E-state index contributed by atoms with van der Waals surface area (Å²) in [5, 5.41) is 0.0901. The van der Waals surface area contributed by atoms with Gasteiger partial charge in [-0.25, -0.2) is 13.4 Å². The Hall–Kier alpha value is -1.24. The van der Waals surface area contributed by atoms with Gasteiger partial charge in [0.25, 0.3) is 10.0 Å². The summed E-state index contributed by atoms with van der Waals surface area (Å²) < 4.78 is 26.6. The summed E-state index contributed by atoms with van der Waals surface area (Å²) in [5.41, 5.74) is 7.72. The number of sulfonamides is 1. The lowest BCUT2D eigenvalue weighted by molar-refractivity contribution is 0.388. The average Bonchev–Trinajstić information content (AvgIpc) is 2.46. The highest BCUT2D eigenvalue weighted by molar-refractivity contribution is 7.89. The molecular weight excluding hydrogens is 286 g/mol. The smallest absolute Gasteiger partial charge is 0.260 e. The quantitative estimate of drug-likeness (QED) is 0.865. The third kappa shape index (κ3) is 3.51. The molecular formula is C15H23N3O2S. The van der Waals surface area contributed by atoms with Crippen molar-refractivity contribution in [1.29, 1.82) is 0 Å². The molecule has 0 atom stereocenters. The van der Waals surface area contributed by atoms with Gasteiger partial charge in [-0.1, -0.05) is 38.5 Å². The zero-order valence-electron chi connectivity index (χ0n) is 12.8. The Morgan fingerprint density at radius 3 is 2.48 bits per heavy atom. The van der Waals surface area contributed by atoms with Gasteiger partial charge in [0.2, 0.25) is 0 Å². The molecule has 0 bridgehead atoms. The number of aromatic nitrogens is 1. The number of rotatable bonds is 3. The van der Waals surface area contributed by atoms with Crippen LogP contribution in [0.4, 0.5) is 0 Å². The summed E-state index contributed by atoms with van der Waals surface area (Å²) in [5.74, 6) is 0. The van der Waals surface area contributed by atoms with Gasteiger partial charge in [-0.3, -0.25) is 0 Å². The fraction of sp³-hybridized carbons (Fsp3) is 0.533. The molecule has 0 aliphatic carbocycles. The number of pyridine rings is 1. The van der Waals surface area contributed by atoms with E-state index in [9.17, 15) is 8.42 Å². The lowest BCUT2D eigenvalue weighted by Crippen LogP contribution is -2.36. The topological polar surface area (TPSA) is 76.3 Å². The molecule has 0 radical (unpaired) electrons. The van der Waals surface area contributed by atoms with E-state index in [1.54, 1.807) is 6.07 Å². The van der Waals surface area contributed by atoms with Crippen LogP contribution in [0.15, 0.2) is 35.0 Å². The maximum atomic E-state index is 12.5. The molecule has 2 heterocycles. The predicted molar refractivity (Wildman–Crippen MR) is 83.0 cm³/mol. The van der Waals surface area contributed by atoms with Crippen LogP contribution in [0, 0.1) is 5.41 Å². The minimum atomic E-state index is -3.52. The van der Waals surface area contributed by atoms with Gasteiger partial charge in [-0.2, -0.15) is 4.31 Å². The normalized spacial score (nSPS) is 17.6. The zero-order valence-corrected chi connectivity index (χ0v) is 13.7. The van der Waals surface area contributed by atoms with Crippen molar-refractivity contribution in [3.63, 3.8) is 0 Å². The molecule has 5 nitrogen and oxygen atoms in total. The summed E-state index contributed by atoms with van der Waals surface area (Å²) in [6, 6.07) is 3.24. The summed E-state index contributed by atoms with van der Waals surface area (Å²) in [4.78, 5) is 4.03. The number of hydrogen-bond donors (Lipinski definition) is 1. The van der Waals surface area contributed by atoms with E-state index in [2.05, 4.69) is 25.8 Å². The maximum Gasteiger partial charge on any atom is 0.260 e. The van der Waals surface area contributed by atoms with Crippen molar-refractivity contribution < 1.29 is 8.42 Å². The van der Waals surface area contributed by atoms with Gasteiger partial charge in [0, 0.05) is 25.8 Å². The van der Waals surface area contributed by atoms with Gasteiger partial charge in [0.15, 0.2) is 5.03 Å². The molecule has 21 heavy (non-hydrogen) atoms. The fourth-order valence-corrected chi connectivity index (χ4v) is 3.66. The molecule has 0 saturated carbocycles. The summed E-state index contributed by atoms with van der Waals surface area (Å²) in [6.07, 6.45) is 4.31. The Balaban J connectivity index is 2.20. The molecule has 1 aliphatic rings. The van der Waals surface area contributed by atoms with Crippen LogP contribution in [-0.2, 0) is 16.6 Å². The largest absolute Gasteiger partial charge is 0.326 e. The van der Waals surface area contributed by atoms with Gasteiger partial charge >= 0.3 is 0 Å². The van der Waals surface area contributed by atoms with Crippen molar-refractivity contribution in [1.82, 2.24) is 9.29 Å². The van der Waals surface area contributed by atoms with Crippen LogP contribution in [0.5, 0.6) is 0 Å². The zero-order chi connectivity index (χ0) is 15.7. The average molecular weight is 309 g/mol. The monoisotopic (exact) mass is 309 g/mol. The molecule has 0 amide bonds. The second-order valence-corrected chi connectivity index (χ2v) is 8.19. The maximum absolute atomic E-state index is 12.5.